The number of aliphatic hydroxyl groups excluding tert-OH is 1. The van der Waals surface area contributed by atoms with Crippen LogP contribution in [-0.4, -0.2) is 30.2 Å². The Balaban J connectivity index is 1.81. The number of methoxy groups -OCH3 is 1. The third-order valence-electron chi connectivity index (χ3n) is 4.87. The van der Waals surface area contributed by atoms with Crippen LogP contribution in [0.1, 0.15) is 36.9 Å². The van der Waals surface area contributed by atoms with E-state index in [1.54, 1.807) is 7.11 Å². The molecule has 0 spiro atoms. The van der Waals surface area contributed by atoms with E-state index in [1.807, 2.05) is 18.2 Å². The number of rotatable bonds is 5. The lowest BCUT2D eigenvalue weighted by molar-refractivity contribution is 0.263. The van der Waals surface area contributed by atoms with Crippen LogP contribution in [0, 0.1) is 0 Å². The third kappa shape index (κ3) is 3.41. The summed E-state index contributed by atoms with van der Waals surface area (Å²) < 4.78 is 5.27. The molecule has 2 aromatic rings. The standard InChI is InChI=1S/C20H25NO2/c1-15(21-11-3-4-12-21)16-5-7-17(8-6-16)18-9-10-20(23-2)19(13-18)14-22/h5-10,13,15,22H,3-4,11-12,14H2,1-2H3/t15-/m0/s1. The molecule has 0 radical (unpaired) electrons. The van der Waals surface area contributed by atoms with Crippen LogP contribution in [0.5, 0.6) is 5.75 Å². The molecule has 2 aromatic carbocycles. The molecule has 0 saturated carbocycles. The summed E-state index contributed by atoms with van der Waals surface area (Å²) >= 11 is 0. The van der Waals surface area contributed by atoms with E-state index in [2.05, 4.69) is 36.1 Å². The highest BCUT2D eigenvalue weighted by Gasteiger charge is 2.19. The van der Waals surface area contributed by atoms with E-state index in [9.17, 15) is 5.11 Å². The van der Waals surface area contributed by atoms with Gasteiger partial charge in [0.1, 0.15) is 5.75 Å². The molecule has 3 rings (SSSR count). The van der Waals surface area contributed by atoms with Crippen molar-refractivity contribution >= 4 is 0 Å². The molecular weight excluding hydrogens is 286 g/mol. The van der Waals surface area contributed by atoms with Gasteiger partial charge in [-0.2, -0.15) is 0 Å². The molecule has 1 atom stereocenters. The first-order valence-electron chi connectivity index (χ1n) is 8.35. The third-order valence-corrected chi connectivity index (χ3v) is 4.87. The van der Waals surface area contributed by atoms with E-state index in [4.69, 9.17) is 4.74 Å². The van der Waals surface area contributed by atoms with Gasteiger partial charge in [-0.25, -0.2) is 0 Å². The van der Waals surface area contributed by atoms with E-state index in [1.165, 1.54) is 37.1 Å². The number of hydrogen-bond acceptors (Lipinski definition) is 3. The fraction of sp³-hybridized carbons (Fsp3) is 0.400. The quantitative estimate of drug-likeness (QED) is 0.905. The topological polar surface area (TPSA) is 32.7 Å². The molecule has 1 aliphatic heterocycles. The molecule has 0 bridgehead atoms. The first kappa shape index (κ1) is 16.0. The van der Waals surface area contributed by atoms with Crippen molar-refractivity contribution in [3.05, 3.63) is 53.6 Å². The molecule has 1 saturated heterocycles. The second kappa shape index (κ2) is 7.16. The van der Waals surface area contributed by atoms with Crippen LogP contribution >= 0.6 is 0 Å². The second-order valence-electron chi connectivity index (χ2n) is 6.23. The van der Waals surface area contributed by atoms with Crippen LogP contribution in [0.4, 0.5) is 0 Å². The zero-order valence-corrected chi connectivity index (χ0v) is 14.0. The first-order valence-corrected chi connectivity index (χ1v) is 8.35. The Hall–Kier alpha value is -1.84. The number of ether oxygens (including phenoxy) is 1. The number of hydrogen-bond donors (Lipinski definition) is 1. The molecule has 1 aliphatic rings. The zero-order valence-electron chi connectivity index (χ0n) is 14.0. The van der Waals surface area contributed by atoms with Gasteiger partial charge in [0.25, 0.3) is 0 Å². The SMILES string of the molecule is COc1ccc(-c2ccc([C@H](C)N3CCCC3)cc2)cc1CO. The van der Waals surface area contributed by atoms with Crippen LogP contribution in [0.3, 0.4) is 0 Å². The normalized spacial score (nSPS) is 16.5. The van der Waals surface area contributed by atoms with E-state index in [-0.39, 0.29) is 6.61 Å². The highest BCUT2D eigenvalue weighted by Crippen LogP contribution is 2.29. The van der Waals surface area contributed by atoms with Gasteiger partial charge in [0.2, 0.25) is 0 Å². The van der Waals surface area contributed by atoms with Gasteiger partial charge < -0.3 is 9.84 Å². The first-order chi connectivity index (χ1) is 11.2. The summed E-state index contributed by atoms with van der Waals surface area (Å²) in [5.74, 6) is 0.732. The number of aliphatic hydroxyl groups is 1. The number of likely N-dealkylation sites (tertiary alicyclic amines) is 1. The van der Waals surface area contributed by atoms with Crippen LogP contribution in [0.25, 0.3) is 11.1 Å². The smallest absolute Gasteiger partial charge is 0.124 e. The lowest BCUT2D eigenvalue weighted by Crippen LogP contribution is -2.23. The molecule has 0 aromatic heterocycles. The second-order valence-corrected chi connectivity index (χ2v) is 6.23. The Kier molecular flexibility index (Phi) is 4.99. The Morgan fingerprint density at radius 3 is 2.30 bits per heavy atom. The van der Waals surface area contributed by atoms with Gasteiger partial charge in [0.05, 0.1) is 13.7 Å². The molecule has 1 N–H and O–H groups in total. The summed E-state index contributed by atoms with van der Waals surface area (Å²) in [7, 11) is 1.63. The summed E-state index contributed by atoms with van der Waals surface area (Å²) in [5.41, 5.74) is 4.46. The number of benzene rings is 2. The largest absolute Gasteiger partial charge is 0.496 e. The summed E-state index contributed by atoms with van der Waals surface area (Å²) in [6.45, 7) is 4.70. The molecule has 0 amide bonds. The minimum Gasteiger partial charge on any atom is -0.496 e. The monoisotopic (exact) mass is 311 g/mol. The molecule has 0 unspecified atom stereocenters. The lowest BCUT2D eigenvalue weighted by Gasteiger charge is -2.24. The van der Waals surface area contributed by atoms with Crippen molar-refractivity contribution in [1.29, 1.82) is 0 Å². The average Bonchev–Trinajstić information content (AvgIpc) is 3.15. The molecule has 23 heavy (non-hydrogen) atoms. The summed E-state index contributed by atoms with van der Waals surface area (Å²) in [6, 6.07) is 15.2. The van der Waals surface area contributed by atoms with Gasteiger partial charge in [0, 0.05) is 11.6 Å². The van der Waals surface area contributed by atoms with E-state index in [0.29, 0.717) is 6.04 Å². The minimum absolute atomic E-state index is 0.0128. The summed E-state index contributed by atoms with van der Waals surface area (Å²) in [4.78, 5) is 2.55. The van der Waals surface area contributed by atoms with Crippen molar-refractivity contribution in [3.8, 4) is 16.9 Å². The van der Waals surface area contributed by atoms with Crippen molar-refractivity contribution in [2.45, 2.75) is 32.4 Å². The lowest BCUT2D eigenvalue weighted by atomic mass is 9.99. The Labute approximate surface area is 138 Å². The van der Waals surface area contributed by atoms with Crippen molar-refractivity contribution in [2.24, 2.45) is 0 Å². The van der Waals surface area contributed by atoms with Gasteiger partial charge in [-0.15, -0.1) is 0 Å². The highest BCUT2D eigenvalue weighted by molar-refractivity contribution is 5.66. The summed E-state index contributed by atoms with van der Waals surface area (Å²) in [5, 5.41) is 9.47. The fourth-order valence-corrected chi connectivity index (χ4v) is 3.38. The molecule has 0 aliphatic carbocycles. The maximum atomic E-state index is 9.47. The van der Waals surface area contributed by atoms with Gasteiger partial charge in [-0.3, -0.25) is 4.90 Å². The predicted octanol–water partition coefficient (Wildman–Crippen LogP) is 4.01. The predicted molar refractivity (Wildman–Crippen MR) is 93.6 cm³/mol. The van der Waals surface area contributed by atoms with Crippen LogP contribution < -0.4 is 4.74 Å². The van der Waals surface area contributed by atoms with E-state index in [0.717, 1.165) is 16.9 Å². The minimum atomic E-state index is -0.0128. The van der Waals surface area contributed by atoms with E-state index < -0.39 is 0 Å². The highest BCUT2D eigenvalue weighted by atomic mass is 16.5. The van der Waals surface area contributed by atoms with Gasteiger partial charge in [0.15, 0.2) is 0 Å². The van der Waals surface area contributed by atoms with Crippen molar-refractivity contribution in [3.63, 3.8) is 0 Å². The van der Waals surface area contributed by atoms with Crippen molar-refractivity contribution in [1.82, 2.24) is 4.90 Å². The van der Waals surface area contributed by atoms with Gasteiger partial charge in [-0.1, -0.05) is 30.3 Å². The zero-order chi connectivity index (χ0) is 16.2. The molecule has 1 heterocycles. The maximum Gasteiger partial charge on any atom is 0.124 e. The number of nitrogens with zero attached hydrogens (tertiary/aromatic N) is 1. The molecule has 122 valence electrons. The Bertz CT molecular complexity index is 645. The van der Waals surface area contributed by atoms with Gasteiger partial charge in [-0.05, 0) is 61.7 Å². The van der Waals surface area contributed by atoms with E-state index >= 15 is 0 Å². The Morgan fingerprint density at radius 1 is 1.04 bits per heavy atom. The van der Waals surface area contributed by atoms with Gasteiger partial charge >= 0.3 is 0 Å². The Morgan fingerprint density at radius 2 is 1.70 bits per heavy atom. The maximum absolute atomic E-state index is 9.47. The average molecular weight is 311 g/mol. The molecule has 3 nitrogen and oxygen atoms in total. The molecular formula is C20H25NO2. The van der Waals surface area contributed by atoms with Crippen LogP contribution in [-0.2, 0) is 6.61 Å². The molecule has 3 heteroatoms. The van der Waals surface area contributed by atoms with Crippen LogP contribution in [0.15, 0.2) is 42.5 Å². The molecule has 1 fully saturated rings. The summed E-state index contributed by atoms with van der Waals surface area (Å²) in [6.07, 6.45) is 2.64. The fourth-order valence-electron chi connectivity index (χ4n) is 3.38. The van der Waals surface area contributed by atoms with Crippen molar-refractivity contribution in [2.75, 3.05) is 20.2 Å². The van der Waals surface area contributed by atoms with Crippen molar-refractivity contribution < 1.29 is 9.84 Å². The van der Waals surface area contributed by atoms with Crippen LogP contribution in [0.2, 0.25) is 0 Å².